The zero-order valence-corrected chi connectivity index (χ0v) is 18.7. The third kappa shape index (κ3) is 4.96. The van der Waals surface area contributed by atoms with Crippen molar-refractivity contribution in [3.8, 4) is 0 Å². The van der Waals surface area contributed by atoms with Crippen LogP contribution in [0.2, 0.25) is 0 Å². The number of H-pyrrole nitrogens is 1. The number of hydrogen-bond acceptors (Lipinski definition) is 5. The summed E-state index contributed by atoms with van der Waals surface area (Å²) < 4.78 is 2.03. The number of aromatic amines is 1. The van der Waals surface area contributed by atoms with E-state index in [-0.39, 0.29) is 23.6 Å². The number of nitrogens with one attached hydrogen (secondary N) is 2. The SMILES string of the molecule is Cc1nnc(SCC(=O)NC(c2nc3ccccc3[nH]2)C(C)C)n1Cc1ccccc1. The van der Waals surface area contributed by atoms with Crippen LogP contribution in [0, 0.1) is 12.8 Å². The fourth-order valence-electron chi connectivity index (χ4n) is 3.43. The Balaban J connectivity index is 1.42. The minimum absolute atomic E-state index is 0.0592. The minimum atomic E-state index is -0.190. The van der Waals surface area contributed by atoms with Crippen LogP contribution in [0.4, 0.5) is 0 Å². The minimum Gasteiger partial charge on any atom is -0.345 e. The van der Waals surface area contributed by atoms with Crippen LogP contribution in [-0.2, 0) is 11.3 Å². The average Bonchev–Trinajstić information content (AvgIpc) is 3.34. The van der Waals surface area contributed by atoms with Gasteiger partial charge in [-0.25, -0.2) is 4.98 Å². The van der Waals surface area contributed by atoms with Gasteiger partial charge in [-0.15, -0.1) is 10.2 Å². The summed E-state index contributed by atoms with van der Waals surface area (Å²) in [6, 6.07) is 17.9. The number of amides is 1. The molecule has 0 radical (unpaired) electrons. The molecule has 1 atom stereocenters. The van der Waals surface area contributed by atoms with Crippen molar-refractivity contribution in [1.82, 2.24) is 30.0 Å². The maximum Gasteiger partial charge on any atom is 0.231 e. The van der Waals surface area contributed by atoms with Gasteiger partial charge in [-0.3, -0.25) is 4.79 Å². The van der Waals surface area contributed by atoms with Crippen LogP contribution in [0.25, 0.3) is 11.0 Å². The number of nitrogens with zero attached hydrogens (tertiary/aromatic N) is 4. The topological polar surface area (TPSA) is 88.5 Å². The standard InChI is InChI=1S/C23H26N6OS/c1-15(2)21(22-24-18-11-7-8-12-19(18)25-22)26-20(30)14-31-23-28-27-16(3)29(23)13-17-9-5-4-6-10-17/h4-12,15,21H,13-14H2,1-3H3,(H,24,25)(H,26,30). The Morgan fingerprint density at radius 1 is 1.10 bits per heavy atom. The van der Waals surface area contributed by atoms with Gasteiger partial charge >= 0.3 is 0 Å². The summed E-state index contributed by atoms with van der Waals surface area (Å²) in [7, 11) is 0. The van der Waals surface area contributed by atoms with Crippen molar-refractivity contribution in [1.29, 1.82) is 0 Å². The molecule has 8 heteroatoms. The smallest absolute Gasteiger partial charge is 0.231 e. The van der Waals surface area contributed by atoms with Gasteiger partial charge < -0.3 is 14.9 Å². The highest BCUT2D eigenvalue weighted by Gasteiger charge is 2.22. The molecule has 0 spiro atoms. The van der Waals surface area contributed by atoms with E-state index in [1.54, 1.807) is 0 Å². The molecule has 4 aromatic rings. The number of thioether (sulfide) groups is 1. The molecule has 4 rings (SSSR count). The first-order chi connectivity index (χ1) is 15.0. The van der Waals surface area contributed by atoms with E-state index in [4.69, 9.17) is 0 Å². The second-order valence-corrected chi connectivity index (χ2v) is 8.76. The van der Waals surface area contributed by atoms with Crippen LogP contribution in [0.15, 0.2) is 59.8 Å². The van der Waals surface area contributed by atoms with Crippen LogP contribution >= 0.6 is 11.8 Å². The van der Waals surface area contributed by atoms with Gasteiger partial charge in [0.1, 0.15) is 11.6 Å². The number of benzene rings is 2. The largest absolute Gasteiger partial charge is 0.345 e. The lowest BCUT2D eigenvalue weighted by atomic mass is 10.0. The molecule has 0 saturated heterocycles. The van der Waals surface area contributed by atoms with Gasteiger partial charge in [0.05, 0.1) is 29.4 Å². The second-order valence-electron chi connectivity index (χ2n) is 7.82. The molecule has 2 heterocycles. The monoisotopic (exact) mass is 434 g/mol. The lowest BCUT2D eigenvalue weighted by Gasteiger charge is -2.20. The third-order valence-electron chi connectivity index (χ3n) is 5.10. The number of carbonyl (C=O) groups excluding carboxylic acids is 1. The van der Waals surface area contributed by atoms with Gasteiger partial charge in [0.15, 0.2) is 5.16 Å². The lowest BCUT2D eigenvalue weighted by Crippen LogP contribution is -2.33. The Morgan fingerprint density at radius 3 is 2.58 bits per heavy atom. The molecule has 7 nitrogen and oxygen atoms in total. The summed E-state index contributed by atoms with van der Waals surface area (Å²) in [5.41, 5.74) is 3.04. The van der Waals surface area contributed by atoms with Crippen LogP contribution < -0.4 is 5.32 Å². The molecule has 2 N–H and O–H groups in total. The van der Waals surface area contributed by atoms with Gasteiger partial charge in [-0.1, -0.05) is 68.1 Å². The quantitative estimate of drug-likeness (QED) is 0.407. The molecule has 1 amide bonds. The van der Waals surface area contributed by atoms with Crippen LogP contribution in [-0.4, -0.2) is 36.4 Å². The molecule has 2 aromatic carbocycles. The Hall–Kier alpha value is -3.13. The molecule has 31 heavy (non-hydrogen) atoms. The number of carbonyl (C=O) groups is 1. The van der Waals surface area contributed by atoms with E-state index in [2.05, 4.69) is 51.5 Å². The van der Waals surface area contributed by atoms with Gasteiger partial charge in [0, 0.05) is 0 Å². The fraction of sp³-hybridized carbons (Fsp3) is 0.304. The summed E-state index contributed by atoms with van der Waals surface area (Å²) in [4.78, 5) is 20.8. The maximum atomic E-state index is 12.8. The molecular formula is C23H26N6OS. The number of aromatic nitrogens is 5. The summed E-state index contributed by atoms with van der Waals surface area (Å²) >= 11 is 1.40. The molecule has 2 aromatic heterocycles. The van der Waals surface area contributed by atoms with E-state index in [1.807, 2.05) is 54.0 Å². The predicted octanol–water partition coefficient (Wildman–Crippen LogP) is 4.12. The van der Waals surface area contributed by atoms with E-state index in [0.29, 0.717) is 6.54 Å². The predicted molar refractivity (Wildman–Crippen MR) is 123 cm³/mol. The Morgan fingerprint density at radius 2 is 1.84 bits per heavy atom. The number of imidazole rings is 1. The van der Waals surface area contributed by atoms with Gasteiger partial charge in [0.2, 0.25) is 5.91 Å². The van der Waals surface area contributed by atoms with Crippen molar-refractivity contribution < 1.29 is 4.79 Å². The third-order valence-corrected chi connectivity index (χ3v) is 6.07. The molecule has 0 aliphatic carbocycles. The molecular weight excluding hydrogens is 408 g/mol. The zero-order chi connectivity index (χ0) is 21.8. The normalized spacial score (nSPS) is 12.4. The first kappa shape index (κ1) is 21.1. The van der Waals surface area contributed by atoms with Crippen LogP contribution in [0.1, 0.15) is 37.1 Å². The van der Waals surface area contributed by atoms with E-state index >= 15 is 0 Å². The van der Waals surface area contributed by atoms with Crippen molar-refractivity contribution >= 4 is 28.7 Å². The van der Waals surface area contributed by atoms with Crippen molar-refractivity contribution in [2.45, 2.75) is 38.5 Å². The first-order valence-electron chi connectivity index (χ1n) is 10.3. The van der Waals surface area contributed by atoms with Crippen molar-refractivity contribution in [3.05, 3.63) is 71.8 Å². The molecule has 160 valence electrons. The maximum absolute atomic E-state index is 12.8. The zero-order valence-electron chi connectivity index (χ0n) is 17.9. The molecule has 1 unspecified atom stereocenters. The summed E-state index contributed by atoms with van der Waals surface area (Å²) in [6.45, 7) is 6.75. The second kappa shape index (κ2) is 9.34. The van der Waals surface area contributed by atoms with Gasteiger partial charge in [0.25, 0.3) is 0 Å². The first-order valence-corrected chi connectivity index (χ1v) is 11.3. The van der Waals surface area contributed by atoms with E-state index in [1.165, 1.54) is 17.3 Å². The van der Waals surface area contributed by atoms with Gasteiger partial charge in [-0.2, -0.15) is 0 Å². The van der Waals surface area contributed by atoms with Crippen molar-refractivity contribution in [2.75, 3.05) is 5.75 Å². The highest BCUT2D eigenvalue weighted by atomic mass is 32.2. The number of para-hydroxylation sites is 2. The average molecular weight is 435 g/mol. The lowest BCUT2D eigenvalue weighted by molar-refractivity contribution is -0.119. The highest BCUT2D eigenvalue weighted by molar-refractivity contribution is 7.99. The van der Waals surface area contributed by atoms with E-state index in [9.17, 15) is 4.79 Å². The van der Waals surface area contributed by atoms with Crippen LogP contribution in [0.5, 0.6) is 0 Å². The molecule has 0 fully saturated rings. The van der Waals surface area contributed by atoms with Crippen molar-refractivity contribution in [3.63, 3.8) is 0 Å². The van der Waals surface area contributed by atoms with E-state index < -0.39 is 0 Å². The Labute approximate surface area is 185 Å². The molecule has 0 aliphatic rings. The fourth-order valence-corrected chi connectivity index (χ4v) is 4.23. The highest BCUT2D eigenvalue weighted by Crippen LogP contribution is 2.23. The number of hydrogen-bond donors (Lipinski definition) is 2. The molecule has 0 bridgehead atoms. The Kier molecular flexibility index (Phi) is 6.36. The molecule has 0 aliphatic heterocycles. The number of rotatable bonds is 8. The van der Waals surface area contributed by atoms with Gasteiger partial charge in [-0.05, 0) is 30.5 Å². The summed E-state index contributed by atoms with van der Waals surface area (Å²) in [6.07, 6.45) is 0. The number of aryl methyl sites for hydroxylation is 1. The molecule has 0 saturated carbocycles. The van der Waals surface area contributed by atoms with E-state index in [0.717, 1.165) is 27.8 Å². The Bertz CT molecular complexity index is 1130. The van der Waals surface area contributed by atoms with Crippen LogP contribution in [0.3, 0.4) is 0 Å². The summed E-state index contributed by atoms with van der Waals surface area (Å²) in [5.74, 6) is 2.00. The number of fused-ring (bicyclic) bond motifs is 1. The van der Waals surface area contributed by atoms with Crippen molar-refractivity contribution in [2.24, 2.45) is 5.92 Å². The summed E-state index contributed by atoms with van der Waals surface area (Å²) in [5, 5.41) is 12.3.